The van der Waals surface area contributed by atoms with Crippen LogP contribution in [0.5, 0.6) is 0 Å². The molecule has 5 heteroatoms. The van der Waals surface area contributed by atoms with Crippen LogP contribution in [0.3, 0.4) is 0 Å². The van der Waals surface area contributed by atoms with Crippen LogP contribution >= 0.6 is 0 Å². The fourth-order valence-electron chi connectivity index (χ4n) is 3.08. The number of aromatic nitrogens is 2. The van der Waals surface area contributed by atoms with Crippen molar-refractivity contribution in [2.45, 2.75) is 39.2 Å². The van der Waals surface area contributed by atoms with Crippen LogP contribution in [0.25, 0.3) is 0 Å². The second-order valence-corrected chi connectivity index (χ2v) is 7.07. The van der Waals surface area contributed by atoms with Crippen LogP contribution < -0.4 is 10.3 Å². The summed E-state index contributed by atoms with van der Waals surface area (Å²) in [7, 11) is 2.20. The minimum atomic E-state index is 0.0840. The van der Waals surface area contributed by atoms with Gasteiger partial charge in [-0.15, -0.1) is 0 Å². The van der Waals surface area contributed by atoms with Crippen molar-refractivity contribution in [2.24, 2.45) is 0 Å². The van der Waals surface area contributed by atoms with E-state index in [2.05, 4.69) is 47.7 Å². The maximum atomic E-state index is 4.96. The monoisotopic (exact) mass is 277 g/mol. The lowest BCUT2D eigenvalue weighted by Crippen LogP contribution is -2.51. The SMILES string of the molecule is CN1CCN(n2c(C(C)(C)C)nc3c2CCNC3)CC1. The summed E-state index contributed by atoms with van der Waals surface area (Å²) in [4.78, 5) is 7.36. The molecule has 3 rings (SSSR count). The first-order valence-electron chi connectivity index (χ1n) is 7.72. The molecule has 0 aliphatic carbocycles. The van der Waals surface area contributed by atoms with Crippen LogP contribution in [0.4, 0.5) is 0 Å². The van der Waals surface area contributed by atoms with E-state index in [1.54, 1.807) is 0 Å². The molecular formula is C15H27N5. The van der Waals surface area contributed by atoms with Gasteiger partial charge in [0.25, 0.3) is 0 Å². The third-order valence-corrected chi connectivity index (χ3v) is 4.29. The average molecular weight is 277 g/mol. The molecule has 1 aromatic rings. The predicted octanol–water partition coefficient (Wildman–Crippen LogP) is 0.710. The predicted molar refractivity (Wildman–Crippen MR) is 81.8 cm³/mol. The maximum absolute atomic E-state index is 4.96. The lowest BCUT2D eigenvalue weighted by atomic mass is 9.96. The van der Waals surface area contributed by atoms with Crippen molar-refractivity contribution in [3.63, 3.8) is 0 Å². The van der Waals surface area contributed by atoms with E-state index in [0.29, 0.717) is 0 Å². The molecule has 0 radical (unpaired) electrons. The fraction of sp³-hybridized carbons (Fsp3) is 0.800. The molecule has 0 unspecified atom stereocenters. The summed E-state index contributed by atoms with van der Waals surface area (Å²) in [6.07, 6.45) is 1.09. The van der Waals surface area contributed by atoms with Gasteiger partial charge in [0, 0.05) is 51.1 Å². The first-order valence-corrected chi connectivity index (χ1v) is 7.72. The van der Waals surface area contributed by atoms with Crippen molar-refractivity contribution in [1.29, 1.82) is 0 Å². The summed E-state index contributed by atoms with van der Waals surface area (Å²) in [6, 6.07) is 0. The van der Waals surface area contributed by atoms with Crippen molar-refractivity contribution < 1.29 is 0 Å². The molecule has 2 aliphatic rings. The minimum absolute atomic E-state index is 0.0840. The number of imidazole rings is 1. The van der Waals surface area contributed by atoms with Gasteiger partial charge >= 0.3 is 0 Å². The lowest BCUT2D eigenvalue weighted by Gasteiger charge is -2.38. The highest BCUT2D eigenvalue weighted by Gasteiger charge is 2.30. The fourth-order valence-corrected chi connectivity index (χ4v) is 3.08. The molecule has 1 saturated heterocycles. The van der Waals surface area contributed by atoms with E-state index >= 15 is 0 Å². The van der Waals surface area contributed by atoms with Gasteiger partial charge in [-0.3, -0.25) is 0 Å². The Bertz CT molecular complexity index is 477. The topological polar surface area (TPSA) is 36.3 Å². The molecule has 1 fully saturated rings. The molecule has 0 amide bonds. The number of piperazine rings is 1. The first kappa shape index (κ1) is 13.9. The van der Waals surface area contributed by atoms with E-state index in [0.717, 1.165) is 45.7 Å². The van der Waals surface area contributed by atoms with E-state index in [1.165, 1.54) is 17.2 Å². The van der Waals surface area contributed by atoms with Crippen molar-refractivity contribution in [3.05, 3.63) is 17.2 Å². The molecular weight excluding hydrogens is 250 g/mol. The van der Waals surface area contributed by atoms with E-state index in [1.807, 2.05) is 0 Å². The standard InChI is InChI=1S/C15H27N5/c1-15(2,3)14-17-12-11-16-6-5-13(12)20(14)19-9-7-18(4)8-10-19/h16H,5-11H2,1-4H3. The highest BCUT2D eigenvalue weighted by molar-refractivity contribution is 5.26. The summed E-state index contributed by atoms with van der Waals surface area (Å²) in [5.41, 5.74) is 2.76. The van der Waals surface area contributed by atoms with Crippen molar-refractivity contribution >= 4 is 0 Å². The second kappa shape index (κ2) is 5.04. The Balaban J connectivity index is 2.00. The maximum Gasteiger partial charge on any atom is 0.133 e. The first-order chi connectivity index (χ1) is 9.47. The zero-order valence-corrected chi connectivity index (χ0v) is 13.2. The Kier molecular flexibility index (Phi) is 3.50. The van der Waals surface area contributed by atoms with E-state index in [4.69, 9.17) is 4.98 Å². The van der Waals surface area contributed by atoms with Crippen LogP contribution in [-0.2, 0) is 18.4 Å². The number of hydrogen-bond donors (Lipinski definition) is 1. The minimum Gasteiger partial charge on any atom is -0.311 e. The summed E-state index contributed by atoms with van der Waals surface area (Å²) < 4.78 is 2.45. The third-order valence-electron chi connectivity index (χ3n) is 4.29. The van der Waals surface area contributed by atoms with Gasteiger partial charge in [0.2, 0.25) is 0 Å². The highest BCUT2D eigenvalue weighted by atomic mass is 15.6. The number of nitrogens with one attached hydrogen (secondary N) is 1. The van der Waals surface area contributed by atoms with Gasteiger partial charge in [-0.05, 0) is 7.05 Å². The Morgan fingerprint density at radius 1 is 1.10 bits per heavy atom. The van der Waals surface area contributed by atoms with Crippen molar-refractivity contribution in [1.82, 2.24) is 19.9 Å². The third kappa shape index (κ3) is 2.44. The summed E-state index contributed by atoms with van der Waals surface area (Å²) in [5, 5.41) is 5.94. The van der Waals surface area contributed by atoms with Crippen LogP contribution in [0.2, 0.25) is 0 Å². The Labute approximate surface area is 121 Å². The summed E-state index contributed by atoms with van der Waals surface area (Å²) in [5.74, 6) is 1.22. The van der Waals surface area contributed by atoms with Crippen LogP contribution in [0.1, 0.15) is 38.0 Å². The molecule has 0 spiro atoms. The van der Waals surface area contributed by atoms with Gasteiger partial charge in [0.05, 0.1) is 11.4 Å². The molecule has 1 aromatic heterocycles. The van der Waals surface area contributed by atoms with Crippen LogP contribution in [-0.4, -0.2) is 54.3 Å². The largest absolute Gasteiger partial charge is 0.311 e. The molecule has 0 aromatic carbocycles. The lowest BCUT2D eigenvalue weighted by molar-refractivity contribution is 0.280. The van der Waals surface area contributed by atoms with Gasteiger partial charge in [0.1, 0.15) is 5.82 Å². The van der Waals surface area contributed by atoms with Crippen molar-refractivity contribution in [3.8, 4) is 0 Å². The molecule has 3 heterocycles. The molecule has 1 N–H and O–H groups in total. The molecule has 0 saturated carbocycles. The van der Waals surface area contributed by atoms with Gasteiger partial charge in [-0.25, -0.2) is 9.66 Å². The molecule has 0 atom stereocenters. The van der Waals surface area contributed by atoms with Crippen LogP contribution in [0, 0.1) is 0 Å². The number of hydrogen-bond acceptors (Lipinski definition) is 4. The highest BCUT2D eigenvalue weighted by Crippen LogP contribution is 2.26. The van der Waals surface area contributed by atoms with Gasteiger partial charge < -0.3 is 15.2 Å². The Morgan fingerprint density at radius 3 is 2.45 bits per heavy atom. The van der Waals surface area contributed by atoms with Crippen molar-refractivity contribution in [2.75, 3.05) is 44.8 Å². The van der Waals surface area contributed by atoms with E-state index in [-0.39, 0.29) is 5.41 Å². The van der Waals surface area contributed by atoms with Gasteiger partial charge in [-0.2, -0.15) is 0 Å². The van der Waals surface area contributed by atoms with Gasteiger partial charge in [-0.1, -0.05) is 20.8 Å². The quantitative estimate of drug-likeness (QED) is 0.820. The van der Waals surface area contributed by atoms with E-state index < -0.39 is 0 Å². The summed E-state index contributed by atoms with van der Waals surface area (Å²) >= 11 is 0. The zero-order valence-electron chi connectivity index (χ0n) is 13.2. The van der Waals surface area contributed by atoms with Gasteiger partial charge in [0.15, 0.2) is 0 Å². The second-order valence-electron chi connectivity index (χ2n) is 7.07. The number of nitrogens with zero attached hydrogens (tertiary/aromatic N) is 4. The zero-order chi connectivity index (χ0) is 14.3. The normalized spacial score (nSPS) is 21.1. The van der Waals surface area contributed by atoms with Crippen LogP contribution in [0.15, 0.2) is 0 Å². The molecule has 5 nitrogen and oxygen atoms in total. The Hall–Kier alpha value is -1.07. The molecule has 2 aliphatic heterocycles. The Morgan fingerprint density at radius 2 is 1.80 bits per heavy atom. The van der Waals surface area contributed by atoms with E-state index in [9.17, 15) is 0 Å². The number of likely N-dealkylation sites (N-methyl/N-ethyl adjacent to an activating group) is 1. The molecule has 0 bridgehead atoms. The molecule has 20 heavy (non-hydrogen) atoms. The smallest absolute Gasteiger partial charge is 0.133 e. The average Bonchev–Trinajstić information content (AvgIpc) is 2.79. The number of fused-ring (bicyclic) bond motifs is 1. The summed E-state index contributed by atoms with van der Waals surface area (Å²) in [6.45, 7) is 13.2. The molecule has 112 valence electrons. The number of rotatable bonds is 1.